The third-order valence-corrected chi connectivity index (χ3v) is 4.24. The van der Waals surface area contributed by atoms with Gasteiger partial charge in [0, 0.05) is 11.9 Å². The summed E-state index contributed by atoms with van der Waals surface area (Å²) in [6, 6.07) is 12.2. The maximum absolute atomic E-state index is 12.1. The van der Waals surface area contributed by atoms with Gasteiger partial charge in [-0.2, -0.15) is 0 Å². The van der Waals surface area contributed by atoms with E-state index in [2.05, 4.69) is 15.5 Å². The van der Waals surface area contributed by atoms with Crippen molar-refractivity contribution in [3.8, 4) is 0 Å². The van der Waals surface area contributed by atoms with E-state index in [9.17, 15) is 9.59 Å². The molecule has 0 aliphatic rings. The van der Waals surface area contributed by atoms with E-state index in [0.717, 1.165) is 5.65 Å². The molecule has 1 N–H and O–H groups in total. The van der Waals surface area contributed by atoms with Crippen molar-refractivity contribution >= 4 is 35.0 Å². The number of anilines is 1. The van der Waals surface area contributed by atoms with E-state index in [1.54, 1.807) is 31.2 Å². The van der Waals surface area contributed by atoms with Crippen LogP contribution in [0.5, 0.6) is 0 Å². The number of hydrogen-bond donors (Lipinski definition) is 1. The summed E-state index contributed by atoms with van der Waals surface area (Å²) in [4.78, 5) is 23.7. The molecule has 0 saturated heterocycles. The Labute approximate surface area is 148 Å². The van der Waals surface area contributed by atoms with Crippen molar-refractivity contribution in [2.24, 2.45) is 0 Å². The van der Waals surface area contributed by atoms with Crippen LogP contribution in [-0.2, 0) is 9.53 Å². The van der Waals surface area contributed by atoms with Crippen LogP contribution < -0.4 is 5.32 Å². The van der Waals surface area contributed by atoms with Crippen LogP contribution in [0.2, 0.25) is 0 Å². The number of amides is 1. The van der Waals surface area contributed by atoms with E-state index in [1.165, 1.54) is 11.8 Å². The molecule has 0 bridgehead atoms. The number of nitrogens with one attached hydrogen (secondary N) is 1. The number of hydrogen-bond acceptors (Lipinski definition) is 6. The van der Waals surface area contributed by atoms with Gasteiger partial charge in [-0.15, -0.1) is 10.2 Å². The minimum atomic E-state index is -0.380. The van der Waals surface area contributed by atoms with Gasteiger partial charge in [0.2, 0.25) is 5.91 Å². The van der Waals surface area contributed by atoms with Gasteiger partial charge in [0.05, 0.1) is 17.9 Å². The van der Waals surface area contributed by atoms with Gasteiger partial charge in [0.15, 0.2) is 10.8 Å². The number of esters is 1. The first-order valence-corrected chi connectivity index (χ1v) is 8.65. The average molecular weight is 356 g/mol. The van der Waals surface area contributed by atoms with Crippen molar-refractivity contribution in [2.45, 2.75) is 12.1 Å². The van der Waals surface area contributed by atoms with E-state index in [-0.39, 0.29) is 17.6 Å². The predicted molar refractivity (Wildman–Crippen MR) is 94.7 cm³/mol. The Kier molecular flexibility index (Phi) is 5.30. The topological polar surface area (TPSA) is 85.6 Å². The van der Waals surface area contributed by atoms with Crippen molar-refractivity contribution < 1.29 is 14.3 Å². The molecule has 7 nitrogen and oxygen atoms in total. The number of rotatable bonds is 6. The highest BCUT2D eigenvalue weighted by Crippen LogP contribution is 2.17. The molecule has 3 rings (SSSR count). The summed E-state index contributed by atoms with van der Waals surface area (Å²) in [5.74, 6) is -0.342. The Morgan fingerprint density at radius 1 is 1.16 bits per heavy atom. The standard InChI is InChI=1S/C17H16N4O3S/c1-2-24-16(23)12-6-8-13(9-7-12)18-15(22)11-25-17-20-19-14-5-3-4-10-21(14)17/h3-10H,2,11H2,1H3,(H,18,22). The fourth-order valence-corrected chi connectivity index (χ4v) is 2.87. The zero-order valence-electron chi connectivity index (χ0n) is 13.5. The molecular formula is C17H16N4O3S. The summed E-state index contributed by atoms with van der Waals surface area (Å²) < 4.78 is 6.74. The number of nitrogens with zero attached hydrogens (tertiary/aromatic N) is 3. The maximum atomic E-state index is 12.1. The van der Waals surface area contributed by atoms with Crippen LogP contribution in [0.1, 0.15) is 17.3 Å². The van der Waals surface area contributed by atoms with Crippen LogP contribution in [0, 0.1) is 0 Å². The van der Waals surface area contributed by atoms with Crippen molar-refractivity contribution in [1.82, 2.24) is 14.6 Å². The molecule has 2 heterocycles. The summed E-state index contributed by atoms with van der Waals surface area (Å²) in [7, 11) is 0. The maximum Gasteiger partial charge on any atom is 0.338 e. The summed E-state index contributed by atoms with van der Waals surface area (Å²) in [6.07, 6.45) is 1.85. The average Bonchev–Trinajstić information content (AvgIpc) is 3.04. The largest absolute Gasteiger partial charge is 0.462 e. The minimum Gasteiger partial charge on any atom is -0.462 e. The van der Waals surface area contributed by atoms with E-state index in [4.69, 9.17) is 4.74 Å². The number of aromatic nitrogens is 3. The van der Waals surface area contributed by atoms with E-state index >= 15 is 0 Å². The number of benzene rings is 1. The van der Waals surface area contributed by atoms with Gasteiger partial charge in [0.25, 0.3) is 0 Å². The van der Waals surface area contributed by atoms with Crippen molar-refractivity contribution in [1.29, 1.82) is 0 Å². The molecule has 128 valence electrons. The fourth-order valence-electron chi connectivity index (χ4n) is 2.15. The summed E-state index contributed by atoms with van der Waals surface area (Å²) in [5.41, 5.74) is 1.80. The zero-order valence-corrected chi connectivity index (χ0v) is 14.3. The predicted octanol–water partition coefficient (Wildman–Crippen LogP) is 2.64. The molecule has 8 heteroatoms. The number of fused-ring (bicyclic) bond motifs is 1. The van der Waals surface area contributed by atoms with Gasteiger partial charge < -0.3 is 10.1 Å². The smallest absolute Gasteiger partial charge is 0.338 e. The van der Waals surface area contributed by atoms with E-state index in [0.29, 0.717) is 23.0 Å². The Bertz CT molecular complexity index is 892. The molecule has 2 aromatic heterocycles. The van der Waals surface area contributed by atoms with Gasteiger partial charge >= 0.3 is 5.97 Å². The molecule has 0 unspecified atom stereocenters. The SMILES string of the molecule is CCOC(=O)c1ccc(NC(=O)CSc2nnc3ccccn23)cc1. The number of carbonyl (C=O) groups is 2. The quantitative estimate of drug-likeness (QED) is 0.540. The normalized spacial score (nSPS) is 10.6. The van der Waals surface area contributed by atoms with Crippen LogP contribution in [0.4, 0.5) is 5.69 Å². The first-order valence-electron chi connectivity index (χ1n) is 7.67. The van der Waals surface area contributed by atoms with Gasteiger partial charge in [-0.3, -0.25) is 9.20 Å². The van der Waals surface area contributed by atoms with Crippen LogP contribution in [-0.4, -0.2) is 38.8 Å². The van der Waals surface area contributed by atoms with Crippen molar-refractivity contribution in [3.05, 3.63) is 54.2 Å². The molecule has 0 atom stereocenters. The Hall–Kier alpha value is -2.87. The first kappa shape index (κ1) is 17.0. The second-order valence-corrected chi connectivity index (χ2v) is 5.99. The summed E-state index contributed by atoms with van der Waals surface area (Å²) >= 11 is 1.30. The monoisotopic (exact) mass is 356 g/mol. The third kappa shape index (κ3) is 4.16. The Morgan fingerprint density at radius 2 is 1.96 bits per heavy atom. The summed E-state index contributed by atoms with van der Waals surface area (Å²) in [6.45, 7) is 2.08. The second-order valence-electron chi connectivity index (χ2n) is 5.05. The number of thioether (sulfide) groups is 1. The highest BCUT2D eigenvalue weighted by Gasteiger charge is 2.10. The lowest BCUT2D eigenvalue weighted by Gasteiger charge is -2.06. The number of ether oxygens (including phenoxy) is 1. The Balaban J connectivity index is 1.56. The molecule has 0 aliphatic heterocycles. The zero-order chi connectivity index (χ0) is 17.6. The molecule has 0 saturated carbocycles. The molecule has 0 fully saturated rings. The molecule has 1 amide bonds. The van der Waals surface area contributed by atoms with Gasteiger partial charge in [-0.1, -0.05) is 17.8 Å². The number of pyridine rings is 1. The second kappa shape index (κ2) is 7.80. The lowest BCUT2D eigenvalue weighted by molar-refractivity contribution is -0.113. The molecule has 25 heavy (non-hydrogen) atoms. The van der Waals surface area contributed by atoms with Gasteiger partial charge in [-0.25, -0.2) is 4.79 Å². The highest BCUT2D eigenvalue weighted by atomic mass is 32.2. The molecule has 1 aromatic carbocycles. The lowest BCUT2D eigenvalue weighted by atomic mass is 10.2. The van der Waals surface area contributed by atoms with Crippen LogP contribution in [0.3, 0.4) is 0 Å². The summed E-state index contributed by atoms with van der Waals surface area (Å²) in [5, 5.41) is 11.5. The fraction of sp³-hybridized carbons (Fsp3) is 0.176. The highest BCUT2D eigenvalue weighted by molar-refractivity contribution is 7.99. The third-order valence-electron chi connectivity index (χ3n) is 3.29. The van der Waals surface area contributed by atoms with Crippen molar-refractivity contribution in [2.75, 3.05) is 17.7 Å². The van der Waals surface area contributed by atoms with E-state index in [1.807, 2.05) is 28.8 Å². The van der Waals surface area contributed by atoms with Crippen molar-refractivity contribution in [3.63, 3.8) is 0 Å². The van der Waals surface area contributed by atoms with Crippen LogP contribution in [0.25, 0.3) is 5.65 Å². The molecule has 0 aliphatic carbocycles. The van der Waals surface area contributed by atoms with Gasteiger partial charge in [0.1, 0.15) is 0 Å². The number of carbonyl (C=O) groups excluding carboxylic acids is 2. The van der Waals surface area contributed by atoms with Crippen LogP contribution in [0.15, 0.2) is 53.8 Å². The minimum absolute atomic E-state index is 0.165. The first-order chi connectivity index (χ1) is 12.2. The lowest BCUT2D eigenvalue weighted by Crippen LogP contribution is -2.14. The van der Waals surface area contributed by atoms with Crippen LogP contribution >= 0.6 is 11.8 Å². The molecule has 3 aromatic rings. The molecule has 0 radical (unpaired) electrons. The molecule has 0 spiro atoms. The molecular weight excluding hydrogens is 340 g/mol. The van der Waals surface area contributed by atoms with Gasteiger partial charge in [-0.05, 0) is 43.3 Å². The van der Waals surface area contributed by atoms with E-state index < -0.39 is 0 Å². The Morgan fingerprint density at radius 3 is 2.72 bits per heavy atom.